The van der Waals surface area contributed by atoms with Gasteiger partial charge >= 0.3 is 103 Å². The molecular weight excluding hydrogens is 574 g/mol. The van der Waals surface area contributed by atoms with E-state index in [4.69, 9.17) is 27.4 Å². The Hall–Kier alpha value is -0.00727. The van der Waals surface area contributed by atoms with Crippen molar-refractivity contribution in [2.75, 3.05) is 5.32 Å². The number of aromatic nitrogens is 6. The normalized spacial score (nSPS) is 14.5. The molecule has 2 aliphatic carbocycles. The van der Waals surface area contributed by atoms with Gasteiger partial charge in [-0.2, -0.15) is 14.7 Å². The van der Waals surface area contributed by atoms with Crippen LogP contribution in [0.4, 0.5) is 5.82 Å². The number of nitrogens with one attached hydrogen (secondary N) is 1. The first-order valence-corrected chi connectivity index (χ1v) is 12.8. The van der Waals surface area contributed by atoms with Gasteiger partial charge in [0, 0.05) is 41.7 Å². The first-order chi connectivity index (χ1) is 17.9. The van der Waals surface area contributed by atoms with Gasteiger partial charge < -0.3 is 22.6 Å². The fourth-order valence-corrected chi connectivity index (χ4v) is 4.66. The first kappa shape index (κ1) is 37.0. The van der Waals surface area contributed by atoms with Crippen LogP contribution >= 0.6 is 11.6 Å². The van der Waals surface area contributed by atoms with Gasteiger partial charge in [0.05, 0.1) is 12.4 Å². The number of aryl methyl sites for hydroxylation is 2. The molecule has 4 aromatic heterocycles. The second-order valence-corrected chi connectivity index (χ2v) is 9.46. The molecule has 14 heteroatoms. The van der Waals surface area contributed by atoms with Crippen molar-refractivity contribution in [1.82, 2.24) is 29.2 Å². The zero-order chi connectivity index (χ0) is 26.6. The van der Waals surface area contributed by atoms with E-state index in [-0.39, 0.29) is 111 Å². The second kappa shape index (κ2) is 20.0. The van der Waals surface area contributed by atoms with Crippen molar-refractivity contribution in [2.45, 2.75) is 77.3 Å². The van der Waals surface area contributed by atoms with Crippen molar-refractivity contribution in [2.24, 2.45) is 5.73 Å². The summed E-state index contributed by atoms with van der Waals surface area (Å²) >= 11 is 5.86. The number of carbonyl (C=O) groups is 1. The van der Waals surface area contributed by atoms with E-state index in [1.165, 1.54) is 51.4 Å². The van der Waals surface area contributed by atoms with Crippen LogP contribution in [0.1, 0.15) is 64.2 Å². The molecule has 2 fully saturated rings. The molecule has 0 amide bonds. The Bertz CT molecular complexity index is 1270. The summed E-state index contributed by atoms with van der Waals surface area (Å²) in [4.78, 5) is 19.9. The third-order valence-electron chi connectivity index (χ3n) is 6.08. The van der Waals surface area contributed by atoms with E-state index in [1.807, 2.05) is 30.5 Å². The summed E-state index contributed by atoms with van der Waals surface area (Å²) in [6, 6.07) is 8.75. The average Bonchev–Trinajstić information content (AvgIpc) is 3.68. The molecule has 4 aromatic rings. The van der Waals surface area contributed by atoms with Gasteiger partial charge in [0.1, 0.15) is 11.0 Å². The van der Waals surface area contributed by atoms with Gasteiger partial charge in [-0.1, -0.05) is 37.3 Å². The molecule has 0 atom stereocenters. The summed E-state index contributed by atoms with van der Waals surface area (Å²) in [6.07, 6.45) is 13.9. The third-order valence-corrected chi connectivity index (χ3v) is 6.35. The van der Waals surface area contributed by atoms with E-state index in [1.54, 1.807) is 23.0 Å². The third kappa shape index (κ3) is 12.4. The molecule has 3 N–H and O–H groups in total. The molecular formula is C25H35ClK2N8O3. The van der Waals surface area contributed by atoms with E-state index in [9.17, 15) is 0 Å². The molecule has 0 bridgehead atoms. The zero-order valence-corrected chi connectivity index (χ0v) is 30.2. The fourth-order valence-electron chi connectivity index (χ4n) is 4.37. The predicted octanol–water partition coefficient (Wildman–Crippen LogP) is -2.47. The van der Waals surface area contributed by atoms with Gasteiger partial charge in [0.25, 0.3) is 6.47 Å². The largest absolute Gasteiger partial charge is 1.00 e. The second-order valence-electron chi connectivity index (χ2n) is 9.07. The number of nitrogens with zero attached hydrogens (tertiary/aromatic N) is 6. The Kier molecular flexibility index (Phi) is 19.0. The van der Waals surface area contributed by atoms with Crippen LogP contribution in [0.5, 0.6) is 0 Å². The first-order valence-electron chi connectivity index (χ1n) is 12.4. The van der Waals surface area contributed by atoms with Gasteiger partial charge in [0.2, 0.25) is 0 Å². The van der Waals surface area contributed by atoms with Crippen molar-refractivity contribution in [3.63, 3.8) is 0 Å². The molecule has 0 saturated heterocycles. The minimum absolute atomic E-state index is 0. The van der Waals surface area contributed by atoms with Crippen molar-refractivity contribution in [3.8, 4) is 0 Å². The zero-order valence-electron chi connectivity index (χ0n) is 24.2. The smallest absolute Gasteiger partial charge is 1.00 e. The molecule has 0 unspecified atom stereocenters. The van der Waals surface area contributed by atoms with Crippen LogP contribution in [0.3, 0.4) is 0 Å². The SMILES string of the molecule is Cc1cc(Cl)n2nccc2n1.Cc1cc(NC2CCCC2)n2nccc2n1.NC1CCCC1.O=CO[O-].[H-].[K+].[K+]. The van der Waals surface area contributed by atoms with Crippen LogP contribution in [0.2, 0.25) is 5.15 Å². The standard InChI is InChI=1S/C12H16N4.C7H6ClN3.C5H11N.CH2O3.2K.H/c1-9-8-12(15-10-4-2-3-5-10)16-11(14-9)6-7-13-16;1-5-4-6(8)11-7(10-5)2-3-9-11;6-5-3-1-2-4-5;2-1-4-3;;;/h6-8,10,15H,2-5H2,1H3;2-4H,1H3;5H,1-4,6H2;1,3H;;;/q;;;;2*+1;-1/p-1. The summed E-state index contributed by atoms with van der Waals surface area (Å²) < 4.78 is 3.47. The van der Waals surface area contributed by atoms with Crippen LogP contribution in [0, 0.1) is 13.8 Å². The van der Waals surface area contributed by atoms with Crippen LogP contribution < -0.4 is 119 Å². The Labute approximate surface area is 320 Å². The van der Waals surface area contributed by atoms with Crippen LogP contribution in [0.25, 0.3) is 11.3 Å². The molecule has 6 rings (SSSR count). The van der Waals surface area contributed by atoms with E-state index in [0.717, 1.165) is 28.5 Å². The number of nitrogens with two attached hydrogens (primary N) is 1. The molecule has 0 spiro atoms. The number of hydrogen-bond donors (Lipinski definition) is 2. The Balaban J connectivity index is 0.000000555. The molecule has 0 aliphatic heterocycles. The van der Waals surface area contributed by atoms with Crippen molar-refractivity contribution < 1.29 is 119 Å². The topological polar surface area (TPSA) is 148 Å². The van der Waals surface area contributed by atoms with Crippen molar-refractivity contribution in [3.05, 3.63) is 53.2 Å². The average molecular weight is 609 g/mol. The molecule has 2 saturated carbocycles. The van der Waals surface area contributed by atoms with Crippen LogP contribution in [0.15, 0.2) is 36.7 Å². The van der Waals surface area contributed by atoms with Crippen LogP contribution in [-0.2, 0) is 9.68 Å². The minimum Gasteiger partial charge on any atom is -1.00 e. The van der Waals surface area contributed by atoms with E-state index >= 15 is 0 Å². The Morgan fingerprint density at radius 3 is 1.97 bits per heavy atom. The summed E-state index contributed by atoms with van der Waals surface area (Å²) in [5.74, 6) is 1.07. The predicted molar refractivity (Wildman–Crippen MR) is 141 cm³/mol. The maximum atomic E-state index is 8.64. The Morgan fingerprint density at radius 2 is 1.46 bits per heavy atom. The number of hydrogen-bond acceptors (Lipinski definition) is 9. The van der Waals surface area contributed by atoms with Crippen molar-refractivity contribution in [1.29, 1.82) is 0 Å². The van der Waals surface area contributed by atoms with Gasteiger partial charge in [-0.25, -0.2) is 14.5 Å². The molecule has 2 aliphatic rings. The molecule has 202 valence electrons. The molecule has 0 aromatic carbocycles. The van der Waals surface area contributed by atoms with Gasteiger partial charge in [-0.3, -0.25) is 4.79 Å². The molecule has 4 heterocycles. The van der Waals surface area contributed by atoms with Gasteiger partial charge in [0.15, 0.2) is 11.3 Å². The molecule has 0 radical (unpaired) electrons. The molecule has 11 nitrogen and oxygen atoms in total. The summed E-state index contributed by atoms with van der Waals surface area (Å²) in [7, 11) is 0. The van der Waals surface area contributed by atoms with Gasteiger partial charge in [-0.15, -0.1) is 0 Å². The summed E-state index contributed by atoms with van der Waals surface area (Å²) in [5, 5.41) is 20.9. The Morgan fingerprint density at radius 1 is 0.974 bits per heavy atom. The number of carbonyl (C=O) groups excluding carboxylic acids is 1. The van der Waals surface area contributed by atoms with Crippen molar-refractivity contribution >= 4 is 35.2 Å². The quantitative estimate of drug-likeness (QED) is 0.0848. The summed E-state index contributed by atoms with van der Waals surface area (Å²) in [5.41, 5.74) is 9.18. The monoisotopic (exact) mass is 608 g/mol. The van der Waals surface area contributed by atoms with Gasteiger partial charge in [-0.05, 0) is 45.6 Å². The maximum Gasteiger partial charge on any atom is 1.00 e. The maximum absolute atomic E-state index is 8.64. The minimum atomic E-state index is -0.181. The summed E-state index contributed by atoms with van der Waals surface area (Å²) in [6.45, 7) is 3.74. The fraction of sp³-hybridized carbons (Fsp3) is 0.480. The molecule has 39 heavy (non-hydrogen) atoms. The van der Waals surface area contributed by atoms with E-state index in [2.05, 4.69) is 36.4 Å². The number of fused-ring (bicyclic) bond motifs is 2. The number of anilines is 1. The van der Waals surface area contributed by atoms with E-state index in [0.29, 0.717) is 17.2 Å². The van der Waals surface area contributed by atoms with E-state index < -0.39 is 0 Å². The van der Waals surface area contributed by atoms with Crippen LogP contribution in [-0.4, -0.2) is 47.8 Å². The number of rotatable bonds is 3. The number of halogens is 1.